The molecule has 0 atom stereocenters. The van der Waals surface area contributed by atoms with Crippen molar-refractivity contribution in [3.63, 3.8) is 0 Å². The number of amides is 1. The third-order valence-corrected chi connectivity index (χ3v) is 4.19. The number of methoxy groups -OCH3 is 1. The molecule has 7 heteroatoms. The summed E-state index contributed by atoms with van der Waals surface area (Å²) in [5, 5.41) is 2.83. The number of rotatable bonds is 10. The molecule has 156 valence electrons. The summed E-state index contributed by atoms with van der Waals surface area (Å²) in [5.74, 6) is 1.45. The third-order valence-electron chi connectivity index (χ3n) is 4.19. The van der Waals surface area contributed by atoms with Crippen molar-refractivity contribution in [1.29, 1.82) is 0 Å². The molecule has 3 rings (SSSR count). The minimum absolute atomic E-state index is 0.108. The van der Waals surface area contributed by atoms with Gasteiger partial charge in [-0.2, -0.15) is 0 Å². The van der Waals surface area contributed by atoms with Crippen LogP contribution in [0.3, 0.4) is 0 Å². The zero-order chi connectivity index (χ0) is 21.2. The summed E-state index contributed by atoms with van der Waals surface area (Å²) in [4.78, 5) is 16.2. The molecule has 0 aliphatic heterocycles. The van der Waals surface area contributed by atoms with Crippen molar-refractivity contribution in [3.8, 4) is 23.1 Å². The number of carbonyl (C=O) groups excluding carboxylic acids is 1. The molecule has 1 heterocycles. The van der Waals surface area contributed by atoms with Crippen molar-refractivity contribution in [2.45, 2.75) is 19.4 Å². The van der Waals surface area contributed by atoms with E-state index >= 15 is 0 Å². The van der Waals surface area contributed by atoms with E-state index in [1.165, 1.54) is 6.07 Å². The Hall–Kier alpha value is -3.61. The SMILES string of the molecule is COc1cccc(Oc2ccc(CNC(=O)CCCOc3ccccc3F)cn2)c1. The van der Waals surface area contributed by atoms with E-state index in [0.29, 0.717) is 36.8 Å². The lowest BCUT2D eigenvalue weighted by atomic mass is 10.2. The average Bonchev–Trinajstić information content (AvgIpc) is 2.77. The van der Waals surface area contributed by atoms with E-state index < -0.39 is 5.82 Å². The maximum Gasteiger partial charge on any atom is 0.220 e. The number of pyridine rings is 1. The molecule has 1 amide bonds. The Labute approximate surface area is 174 Å². The number of halogens is 1. The molecule has 0 aliphatic carbocycles. The summed E-state index contributed by atoms with van der Waals surface area (Å²) < 4.78 is 29.6. The molecule has 1 aromatic heterocycles. The van der Waals surface area contributed by atoms with Crippen LogP contribution >= 0.6 is 0 Å². The molecule has 0 spiro atoms. The summed E-state index contributed by atoms with van der Waals surface area (Å²) in [6, 6.07) is 17.0. The lowest BCUT2D eigenvalue weighted by molar-refractivity contribution is -0.121. The number of carbonyl (C=O) groups is 1. The second kappa shape index (κ2) is 10.8. The second-order valence-corrected chi connectivity index (χ2v) is 6.44. The van der Waals surface area contributed by atoms with Crippen molar-refractivity contribution < 1.29 is 23.4 Å². The highest BCUT2D eigenvalue weighted by molar-refractivity contribution is 5.75. The maximum atomic E-state index is 13.4. The van der Waals surface area contributed by atoms with E-state index in [9.17, 15) is 9.18 Å². The van der Waals surface area contributed by atoms with Gasteiger partial charge in [0, 0.05) is 31.3 Å². The summed E-state index contributed by atoms with van der Waals surface area (Å²) in [7, 11) is 1.59. The molecule has 0 fully saturated rings. The normalized spacial score (nSPS) is 10.3. The molecular weight excluding hydrogens is 387 g/mol. The minimum Gasteiger partial charge on any atom is -0.497 e. The molecular formula is C23H23FN2O4. The van der Waals surface area contributed by atoms with Gasteiger partial charge in [0.15, 0.2) is 11.6 Å². The number of para-hydroxylation sites is 1. The van der Waals surface area contributed by atoms with Crippen LogP contribution in [0.1, 0.15) is 18.4 Å². The number of hydrogen-bond acceptors (Lipinski definition) is 5. The highest BCUT2D eigenvalue weighted by atomic mass is 19.1. The fourth-order valence-corrected chi connectivity index (χ4v) is 2.63. The Morgan fingerprint density at radius 2 is 1.90 bits per heavy atom. The minimum atomic E-state index is -0.409. The lowest BCUT2D eigenvalue weighted by Crippen LogP contribution is -2.23. The van der Waals surface area contributed by atoms with Gasteiger partial charge in [-0.25, -0.2) is 9.37 Å². The Kier molecular flexibility index (Phi) is 7.60. The molecule has 3 aromatic rings. The van der Waals surface area contributed by atoms with Crippen LogP contribution < -0.4 is 19.5 Å². The molecule has 0 bridgehead atoms. The lowest BCUT2D eigenvalue weighted by Gasteiger charge is -2.09. The standard InChI is InChI=1S/C23H23FN2O4/c1-28-18-6-4-7-19(14-18)30-23-12-11-17(16-26-23)15-25-22(27)10-5-13-29-21-9-3-2-8-20(21)24/h2-4,6-9,11-12,14,16H,5,10,13,15H2,1H3,(H,25,27). The van der Waals surface area contributed by atoms with Gasteiger partial charge in [-0.1, -0.05) is 24.3 Å². The number of aromatic nitrogens is 1. The van der Waals surface area contributed by atoms with E-state index in [-0.39, 0.29) is 18.3 Å². The summed E-state index contributed by atoms with van der Waals surface area (Å²) >= 11 is 0. The largest absolute Gasteiger partial charge is 0.497 e. The van der Waals surface area contributed by atoms with Crippen LogP contribution in [0.5, 0.6) is 23.1 Å². The van der Waals surface area contributed by atoms with Gasteiger partial charge in [0.2, 0.25) is 11.8 Å². The molecule has 0 saturated heterocycles. The molecule has 0 saturated carbocycles. The Bertz CT molecular complexity index is 963. The van der Waals surface area contributed by atoms with E-state index in [1.807, 2.05) is 24.3 Å². The Morgan fingerprint density at radius 3 is 2.67 bits per heavy atom. The Morgan fingerprint density at radius 1 is 1.07 bits per heavy atom. The van der Waals surface area contributed by atoms with Crippen LogP contribution in [0.25, 0.3) is 0 Å². The fraction of sp³-hybridized carbons (Fsp3) is 0.217. The maximum absolute atomic E-state index is 13.4. The number of hydrogen-bond donors (Lipinski definition) is 1. The zero-order valence-electron chi connectivity index (χ0n) is 16.6. The van der Waals surface area contributed by atoms with Crippen LogP contribution in [0, 0.1) is 5.82 Å². The van der Waals surface area contributed by atoms with E-state index in [2.05, 4.69) is 10.3 Å². The first-order valence-corrected chi connectivity index (χ1v) is 9.55. The predicted octanol–water partition coefficient (Wildman–Crippen LogP) is 4.50. The molecule has 0 aliphatic rings. The van der Waals surface area contributed by atoms with Gasteiger partial charge in [-0.15, -0.1) is 0 Å². The van der Waals surface area contributed by atoms with Gasteiger partial charge in [0.05, 0.1) is 13.7 Å². The van der Waals surface area contributed by atoms with Gasteiger partial charge in [0.25, 0.3) is 0 Å². The topological polar surface area (TPSA) is 69.7 Å². The zero-order valence-corrected chi connectivity index (χ0v) is 16.6. The van der Waals surface area contributed by atoms with E-state index in [0.717, 1.165) is 5.56 Å². The van der Waals surface area contributed by atoms with Gasteiger partial charge >= 0.3 is 0 Å². The first-order valence-electron chi connectivity index (χ1n) is 9.55. The summed E-state index contributed by atoms with van der Waals surface area (Å²) in [6.45, 7) is 0.631. The first kappa shape index (κ1) is 21.1. The van der Waals surface area contributed by atoms with Crippen LogP contribution in [0.2, 0.25) is 0 Å². The number of nitrogens with zero attached hydrogens (tertiary/aromatic N) is 1. The molecule has 2 aromatic carbocycles. The van der Waals surface area contributed by atoms with Crippen LogP contribution in [0.15, 0.2) is 66.9 Å². The molecule has 30 heavy (non-hydrogen) atoms. The summed E-state index contributed by atoms with van der Waals surface area (Å²) in [5.41, 5.74) is 0.851. The molecule has 6 nitrogen and oxygen atoms in total. The van der Waals surface area contributed by atoms with Gasteiger partial charge < -0.3 is 19.5 Å². The van der Waals surface area contributed by atoms with Crippen LogP contribution in [-0.4, -0.2) is 24.6 Å². The number of benzene rings is 2. The Balaban J connectivity index is 1.38. The molecule has 0 unspecified atom stereocenters. The van der Waals surface area contributed by atoms with Crippen LogP contribution in [-0.2, 0) is 11.3 Å². The monoisotopic (exact) mass is 410 g/mol. The smallest absolute Gasteiger partial charge is 0.220 e. The molecule has 0 radical (unpaired) electrons. The fourth-order valence-electron chi connectivity index (χ4n) is 2.63. The van der Waals surface area contributed by atoms with Crippen molar-refractivity contribution in [1.82, 2.24) is 10.3 Å². The van der Waals surface area contributed by atoms with Crippen molar-refractivity contribution in [3.05, 3.63) is 78.2 Å². The van der Waals surface area contributed by atoms with Crippen LogP contribution in [0.4, 0.5) is 4.39 Å². The van der Waals surface area contributed by atoms with E-state index in [4.69, 9.17) is 14.2 Å². The quantitative estimate of drug-likeness (QED) is 0.499. The second-order valence-electron chi connectivity index (χ2n) is 6.44. The van der Waals surface area contributed by atoms with Gasteiger partial charge in [0.1, 0.15) is 11.5 Å². The highest BCUT2D eigenvalue weighted by Gasteiger charge is 2.05. The van der Waals surface area contributed by atoms with Crippen molar-refractivity contribution in [2.24, 2.45) is 0 Å². The predicted molar refractivity (Wildman–Crippen MR) is 110 cm³/mol. The van der Waals surface area contributed by atoms with E-state index in [1.54, 1.807) is 43.6 Å². The number of nitrogens with one attached hydrogen (secondary N) is 1. The van der Waals surface area contributed by atoms with Gasteiger partial charge in [-0.05, 0) is 36.2 Å². The summed E-state index contributed by atoms with van der Waals surface area (Å²) in [6.07, 6.45) is 2.43. The van der Waals surface area contributed by atoms with Crippen molar-refractivity contribution in [2.75, 3.05) is 13.7 Å². The first-order chi connectivity index (χ1) is 14.6. The average molecular weight is 410 g/mol. The highest BCUT2D eigenvalue weighted by Crippen LogP contribution is 2.23. The molecule has 1 N–H and O–H groups in total. The number of ether oxygens (including phenoxy) is 3. The van der Waals surface area contributed by atoms with Crippen molar-refractivity contribution >= 4 is 5.91 Å². The third kappa shape index (κ3) is 6.48. The van der Waals surface area contributed by atoms with Gasteiger partial charge in [-0.3, -0.25) is 4.79 Å².